The van der Waals surface area contributed by atoms with Crippen molar-refractivity contribution < 1.29 is 4.39 Å². The maximum Gasteiger partial charge on any atom is 0.137 e. The van der Waals surface area contributed by atoms with E-state index in [0.29, 0.717) is 4.47 Å². The van der Waals surface area contributed by atoms with Crippen LogP contribution in [0.25, 0.3) is 0 Å². The SMILES string of the molecule is CCCNC(c1ccc(F)c(Br)c1)c1sc(C)cc1C. The van der Waals surface area contributed by atoms with Crippen molar-refractivity contribution in [1.29, 1.82) is 0 Å². The zero-order chi connectivity index (χ0) is 14.7. The monoisotopic (exact) mass is 355 g/mol. The Bertz CT molecular complexity index is 594. The molecule has 0 fully saturated rings. The Morgan fingerprint density at radius 2 is 2.05 bits per heavy atom. The average Bonchev–Trinajstić information content (AvgIpc) is 2.73. The Labute approximate surface area is 132 Å². The van der Waals surface area contributed by atoms with Gasteiger partial charge in [0.15, 0.2) is 0 Å². The van der Waals surface area contributed by atoms with Gasteiger partial charge in [0, 0.05) is 9.75 Å². The van der Waals surface area contributed by atoms with Crippen LogP contribution in [0.5, 0.6) is 0 Å². The van der Waals surface area contributed by atoms with Crippen LogP contribution in [-0.4, -0.2) is 6.54 Å². The van der Waals surface area contributed by atoms with Gasteiger partial charge in [-0.3, -0.25) is 0 Å². The van der Waals surface area contributed by atoms with Gasteiger partial charge in [-0.05, 0) is 72.1 Å². The van der Waals surface area contributed by atoms with Crippen LogP contribution in [0, 0.1) is 19.7 Å². The third-order valence-corrected chi connectivity index (χ3v) is 5.04. The smallest absolute Gasteiger partial charge is 0.137 e. The van der Waals surface area contributed by atoms with Crippen LogP contribution in [0.3, 0.4) is 0 Å². The highest BCUT2D eigenvalue weighted by Crippen LogP contribution is 2.33. The van der Waals surface area contributed by atoms with Crippen LogP contribution in [0.15, 0.2) is 28.7 Å². The average molecular weight is 356 g/mol. The summed E-state index contributed by atoms with van der Waals surface area (Å²) in [6, 6.07) is 7.60. The summed E-state index contributed by atoms with van der Waals surface area (Å²) in [4.78, 5) is 2.62. The van der Waals surface area contributed by atoms with E-state index in [2.05, 4.69) is 48.1 Å². The summed E-state index contributed by atoms with van der Waals surface area (Å²) in [5.74, 6) is -0.220. The standard InChI is InChI=1S/C16H19BrFNS/c1-4-7-19-15(16-10(2)8-11(3)20-16)12-5-6-14(18)13(17)9-12/h5-6,8-9,15,19H,4,7H2,1-3H3. The Balaban J connectivity index is 2.41. The lowest BCUT2D eigenvalue weighted by Crippen LogP contribution is -2.23. The molecule has 1 heterocycles. The second-order valence-electron chi connectivity index (χ2n) is 4.96. The summed E-state index contributed by atoms with van der Waals surface area (Å²) in [5, 5.41) is 3.57. The fourth-order valence-corrected chi connectivity index (χ4v) is 3.82. The highest BCUT2D eigenvalue weighted by atomic mass is 79.9. The van der Waals surface area contributed by atoms with Gasteiger partial charge in [0.05, 0.1) is 10.5 Å². The molecule has 0 aliphatic carbocycles. The Hall–Kier alpha value is -0.710. The van der Waals surface area contributed by atoms with Gasteiger partial charge < -0.3 is 5.32 Å². The van der Waals surface area contributed by atoms with Crippen LogP contribution in [-0.2, 0) is 0 Å². The van der Waals surface area contributed by atoms with Gasteiger partial charge >= 0.3 is 0 Å². The lowest BCUT2D eigenvalue weighted by Gasteiger charge is -2.19. The molecule has 0 saturated carbocycles. The molecule has 0 amide bonds. The minimum absolute atomic E-state index is 0.130. The summed E-state index contributed by atoms with van der Waals surface area (Å²) in [5.41, 5.74) is 2.39. The largest absolute Gasteiger partial charge is 0.306 e. The molecule has 2 aromatic rings. The van der Waals surface area contributed by atoms with E-state index < -0.39 is 0 Å². The summed E-state index contributed by atoms with van der Waals surface area (Å²) in [6.07, 6.45) is 1.07. The van der Waals surface area contributed by atoms with Crippen LogP contribution in [0.2, 0.25) is 0 Å². The minimum Gasteiger partial charge on any atom is -0.306 e. The number of hydrogen-bond donors (Lipinski definition) is 1. The highest BCUT2D eigenvalue weighted by molar-refractivity contribution is 9.10. The molecule has 0 spiro atoms. The first-order valence-corrected chi connectivity index (χ1v) is 8.39. The van der Waals surface area contributed by atoms with E-state index in [1.807, 2.05) is 12.1 Å². The van der Waals surface area contributed by atoms with Gasteiger partial charge in [-0.15, -0.1) is 11.3 Å². The molecule has 20 heavy (non-hydrogen) atoms. The second kappa shape index (κ2) is 6.83. The molecule has 1 N–H and O–H groups in total. The Morgan fingerprint density at radius 1 is 1.30 bits per heavy atom. The van der Waals surface area contributed by atoms with Crippen LogP contribution >= 0.6 is 27.3 Å². The number of benzene rings is 1. The van der Waals surface area contributed by atoms with Crippen molar-refractivity contribution in [2.24, 2.45) is 0 Å². The molecule has 0 aliphatic heterocycles. The van der Waals surface area contributed by atoms with Crippen LogP contribution in [0.1, 0.15) is 40.3 Å². The molecular weight excluding hydrogens is 337 g/mol. The second-order valence-corrected chi connectivity index (χ2v) is 7.11. The third kappa shape index (κ3) is 3.48. The first-order valence-electron chi connectivity index (χ1n) is 6.78. The molecule has 0 saturated heterocycles. The van der Waals surface area contributed by atoms with Crippen molar-refractivity contribution in [3.8, 4) is 0 Å². The Kier molecular flexibility index (Phi) is 5.35. The summed E-state index contributed by atoms with van der Waals surface area (Å²) in [7, 11) is 0. The molecule has 0 aliphatic rings. The summed E-state index contributed by atoms with van der Waals surface area (Å²) < 4.78 is 14.0. The third-order valence-electron chi connectivity index (χ3n) is 3.22. The van der Waals surface area contributed by atoms with Gasteiger partial charge in [-0.2, -0.15) is 0 Å². The maximum absolute atomic E-state index is 13.4. The molecule has 1 aromatic carbocycles. The molecule has 1 aromatic heterocycles. The van der Waals surface area contributed by atoms with E-state index in [0.717, 1.165) is 18.5 Å². The first-order chi connectivity index (χ1) is 9.52. The first kappa shape index (κ1) is 15.7. The number of halogens is 2. The van der Waals surface area contributed by atoms with E-state index in [4.69, 9.17) is 0 Å². The zero-order valence-electron chi connectivity index (χ0n) is 12.0. The predicted octanol–water partition coefficient (Wildman–Crippen LogP) is 5.36. The molecule has 108 valence electrons. The van der Waals surface area contributed by atoms with Crippen molar-refractivity contribution in [2.75, 3.05) is 6.54 Å². The molecule has 1 unspecified atom stereocenters. The summed E-state index contributed by atoms with van der Waals surface area (Å²) >= 11 is 5.09. The molecule has 4 heteroatoms. The molecule has 1 nitrogen and oxygen atoms in total. The van der Waals surface area contributed by atoms with E-state index in [1.165, 1.54) is 21.4 Å². The number of nitrogens with one attached hydrogen (secondary N) is 1. The normalized spacial score (nSPS) is 12.7. The molecule has 2 rings (SSSR count). The maximum atomic E-state index is 13.4. The fourth-order valence-electron chi connectivity index (χ4n) is 2.29. The molecule has 0 bridgehead atoms. The fraction of sp³-hybridized carbons (Fsp3) is 0.375. The van der Waals surface area contributed by atoms with Gasteiger partial charge in [0.1, 0.15) is 5.82 Å². The van der Waals surface area contributed by atoms with Gasteiger partial charge in [-0.1, -0.05) is 13.0 Å². The number of aryl methyl sites for hydroxylation is 2. The Morgan fingerprint density at radius 3 is 2.60 bits per heavy atom. The van der Waals surface area contributed by atoms with Crippen LogP contribution < -0.4 is 5.32 Å². The lowest BCUT2D eigenvalue weighted by atomic mass is 10.0. The molecule has 1 atom stereocenters. The van der Waals surface area contributed by atoms with Crippen molar-refractivity contribution in [1.82, 2.24) is 5.32 Å². The van der Waals surface area contributed by atoms with Crippen LogP contribution in [0.4, 0.5) is 4.39 Å². The van der Waals surface area contributed by atoms with Crippen molar-refractivity contribution in [3.63, 3.8) is 0 Å². The lowest BCUT2D eigenvalue weighted by molar-refractivity contribution is 0.595. The van der Waals surface area contributed by atoms with Crippen molar-refractivity contribution in [3.05, 3.63) is 55.4 Å². The zero-order valence-corrected chi connectivity index (χ0v) is 14.4. The van der Waals surface area contributed by atoms with Crippen molar-refractivity contribution in [2.45, 2.75) is 33.2 Å². The predicted molar refractivity (Wildman–Crippen MR) is 88.0 cm³/mol. The van der Waals surface area contributed by atoms with Crippen molar-refractivity contribution >= 4 is 27.3 Å². The number of thiophene rings is 1. The molecule has 0 radical (unpaired) electrons. The van der Waals surface area contributed by atoms with Gasteiger partial charge in [0.2, 0.25) is 0 Å². The van der Waals surface area contributed by atoms with Gasteiger partial charge in [0.25, 0.3) is 0 Å². The van der Waals surface area contributed by atoms with E-state index in [9.17, 15) is 4.39 Å². The minimum atomic E-state index is -0.220. The highest BCUT2D eigenvalue weighted by Gasteiger charge is 2.18. The quantitative estimate of drug-likeness (QED) is 0.761. The van der Waals surface area contributed by atoms with E-state index in [-0.39, 0.29) is 11.9 Å². The van der Waals surface area contributed by atoms with E-state index in [1.54, 1.807) is 11.3 Å². The number of hydrogen-bond acceptors (Lipinski definition) is 2. The number of rotatable bonds is 5. The summed E-state index contributed by atoms with van der Waals surface area (Å²) in [6.45, 7) is 7.35. The van der Waals surface area contributed by atoms with Gasteiger partial charge in [-0.25, -0.2) is 4.39 Å². The topological polar surface area (TPSA) is 12.0 Å². The van der Waals surface area contributed by atoms with E-state index >= 15 is 0 Å². The molecular formula is C16H19BrFNS.